The summed E-state index contributed by atoms with van der Waals surface area (Å²) < 4.78 is 11.2. The molecule has 5 heteroatoms. The van der Waals surface area contributed by atoms with Gasteiger partial charge in [0.05, 0.1) is 6.61 Å². The highest BCUT2D eigenvalue weighted by atomic mass is 16.5. The Kier molecular flexibility index (Phi) is 3.94. The van der Waals surface area contributed by atoms with E-state index in [-0.39, 0.29) is 11.7 Å². The maximum Gasteiger partial charge on any atom is 0.259 e. The predicted octanol–water partition coefficient (Wildman–Crippen LogP) is 1.80. The number of benzene rings is 1. The molecule has 0 fully saturated rings. The van der Waals surface area contributed by atoms with E-state index in [2.05, 4.69) is 0 Å². The molecule has 5 nitrogen and oxygen atoms in total. The van der Waals surface area contributed by atoms with Gasteiger partial charge in [-0.25, -0.2) is 0 Å². The Morgan fingerprint density at radius 1 is 1.65 bits per heavy atom. The molecule has 1 aliphatic heterocycles. The monoisotopic (exact) mass is 272 g/mol. The summed E-state index contributed by atoms with van der Waals surface area (Å²) in [6.07, 6.45) is 2.37. The zero-order valence-electron chi connectivity index (χ0n) is 11.5. The minimum absolute atomic E-state index is 0.114. The van der Waals surface area contributed by atoms with Gasteiger partial charge >= 0.3 is 0 Å². The zero-order chi connectivity index (χ0) is 14.7. The minimum Gasteiger partial charge on any atom is -0.493 e. The number of fused-ring (bicyclic) bond motifs is 1. The van der Waals surface area contributed by atoms with E-state index in [1.165, 1.54) is 6.08 Å². The number of hydrogen-bond donors (Lipinski definition) is 1. The molecule has 20 heavy (non-hydrogen) atoms. The van der Waals surface area contributed by atoms with Crippen LogP contribution in [0.3, 0.4) is 0 Å². The largest absolute Gasteiger partial charge is 0.493 e. The number of nitrogens with zero attached hydrogens (tertiary/aromatic N) is 1. The van der Waals surface area contributed by atoms with E-state index in [1.54, 1.807) is 12.1 Å². The molecule has 0 aromatic heterocycles. The predicted molar refractivity (Wildman–Crippen MR) is 74.2 cm³/mol. The smallest absolute Gasteiger partial charge is 0.259 e. The summed E-state index contributed by atoms with van der Waals surface area (Å²) in [5.74, 6) is 0.622. The van der Waals surface area contributed by atoms with Crippen LogP contribution >= 0.6 is 0 Å². The second-order valence-electron chi connectivity index (χ2n) is 4.60. The van der Waals surface area contributed by atoms with E-state index in [1.807, 2.05) is 19.9 Å². The first-order chi connectivity index (χ1) is 9.55. The number of carbonyl (C=O) groups excluding carboxylic acids is 1. The van der Waals surface area contributed by atoms with Crippen molar-refractivity contribution in [1.29, 1.82) is 5.26 Å². The maximum absolute atomic E-state index is 11.1. The van der Waals surface area contributed by atoms with Gasteiger partial charge < -0.3 is 15.2 Å². The van der Waals surface area contributed by atoms with Crippen molar-refractivity contribution in [3.8, 4) is 17.6 Å². The first-order valence-corrected chi connectivity index (χ1v) is 6.43. The number of hydrogen-bond acceptors (Lipinski definition) is 4. The van der Waals surface area contributed by atoms with Gasteiger partial charge in [0.1, 0.15) is 29.2 Å². The van der Waals surface area contributed by atoms with Crippen LogP contribution in [0.2, 0.25) is 0 Å². The summed E-state index contributed by atoms with van der Waals surface area (Å²) in [5.41, 5.74) is 6.72. The normalized spacial score (nSPS) is 17.1. The summed E-state index contributed by atoms with van der Waals surface area (Å²) in [4.78, 5) is 11.1. The van der Waals surface area contributed by atoms with E-state index in [9.17, 15) is 4.79 Å². The van der Waals surface area contributed by atoms with E-state index in [4.69, 9.17) is 20.5 Å². The van der Waals surface area contributed by atoms with E-state index in [0.717, 1.165) is 17.7 Å². The number of primary amides is 1. The Hall–Kier alpha value is -2.48. The topological polar surface area (TPSA) is 85.3 Å². The van der Waals surface area contributed by atoms with Crippen molar-refractivity contribution in [3.63, 3.8) is 0 Å². The lowest BCUT2D eigenvalue weighted by atomic mass is 10.0. The van der Waals surface area contributed by atoms with Gasteiger partial charge in [-0.1, -0.05) is 0 Å². The van der Waals surface area contributed by atoms with Crippen molar-refractivity contribution in [2.24, 2.45) is 5.73 Å². The lowest BCUT2D eigenvalue weighted by Gasteiger charge is -2.10. The van der Waals surface area contributed by atoms with E-state index in [0.29, 0.717) is 17.9 Å². The Morgan fingerprint density at radius 2 is 2.40 bits per heavy atom. The van der Waals surface area contributed by atoms with Gasteiger partial charge in [0.15, 0.2) is 0 Å². The first kappa shape index (κ1) is 13.9. The van der Waals surface area contributed by atoms with Crippen molar-refractivity contribution in [1.82, 2.24) is 0 Å². The average Bonchev–Trinajstić information content (AvgIpc) is 2.74. The summed E-state index contributed by atoms with van der Waals surface area (Å²) in [6.45, 7) is 4.35. The van der Waals surface area contributed by atoms with Gasteiger partial charge in [-0.3, -0.25) is 4.79 Å². The second-order valence-corrected chi connectivity index (χ2v) is 4.60. The maximum atomic E-state index is 11.1. The fourth-order valence-electron chi connectivity index (χ4n) is 2.16. The number of amides is 1. The second kappa shape index (κ2) is 5.66. The number of nitrogens with two attached hydrogens (primary N) is 1. The Labute approximate surface area is 117 Å². The van der Waals surface area contributed by atoms with Crippen molar-refractivity contribution in [2.45, 2.75) is 26.4 Å². The van der Waals surface area contributed by atoms with Crippen LogP contribution in [0.1, 0.15) is 25.0 Å². The van der Waals surface area contributed by atoms with Gasteiger partial charge in [0, 0.05) is 17.5 Å². The molecule has 1 heterocycles. The van der Waals surface area contributed by atoms with Crippen LogP contribution in [-0.4, -0.2) is 18.6 Å². The van der Waals surface area contributed by atoms with Crippen molar-refractivity contribution in [3.05, 3.63) is 28.8 Å². The number of carbonyl (C=O) groups is 1. The molecule has 104 valence electrons. The van der Waals surface area contributed by atoms with Crippen LogP contribution in [-0.2, 0) is 11.2 Å². The Balaban J connectivity index is 2.49. The van der Waals surface area contributed by atoms with Crippen LogP contribution < -0.4 is 15.2 Å². The molecule has 0 unspecified atom stereocenters. The SMILES string of the molecule is CCOc1cc2c(cc1/C=C(\C#N)C(N)=O)O[C@@H](C)C2. The number of nitriles is 1. The van der Waals surface area contributed by atoms with E-state index < -0.39 is 5.91 Å². The highest BCUT2D eigenvalue weighted by molar-refractivity contribution is 6.00. The van der Waals surface area contributed by atoms with Crippen LogP contribution in [0.4, 0.5) is 0 Å². The summed E-state index contributed by atoms with van der Waals surface area (Å²) in [7, 11) is 0. The number of ether oxygens (including phenoxy) is 2. The molecule has 0 saturated carbocycles. The van der Waals surface area contributed by atoms with Gasteiger partial charge in [-0.15, -0.1) is 0 Å². The van der Waals surface area contributed by atoms with Crippen LogP contribution in [0.15, 0.2) is 17.7 Å². The molecule has 2 N–H and O–H groups in total. The molecule has 1 aliphatic rings. The molecular weight excluding hydrogens is 256 g/mol. The molecular formula is C15H16N2O3. The third-order valence-electron chi connectivity index (χ3n) is 3.01. The third-order valence-corrected chi connectivity index (χ3v) is 3.01. The van der Waals surface area contributed by atoms with Gasteiger partial charge in [-0.05, 0) is 32.1 Å². The first-order valence-electron chi connectivity index (χ1n) is 6.43. The fraction of sp³-hybridized carbons (Fsp3) is 0.333. The average molecular weight is 272 g/mol. The molecule has 2 rings (SSSR count). The lowest BCUT2D eigenvalue weighted by Crippen LogP contribution is -2.12. The standard InChI is InChI=1S/C15H16N2O3/c1-3-19-13-6-10-4-9(2)20-14(10)7-11(13)5-12(8-16)15(17)18/h5-7,9H,3-4H2,1-2H3,(H2,17,18)/b12-5+/t9-/m0/s1. The number of rotatable bonds is 4. The van der Waals surface area contributed by atoms with Gasteiger partial charge in [0.2, 0.25) is 0 Å². The van der Waals surface area contributed by atoms with Crippen LogP contribution in [0, 0.1) is 11.3 Å². The fourth-order valence-corrected chi connectivity index (χ4v) is 2.16. The Bertz CT molecular complexity index is 614. The highest BCUT2D eigenvalue weighted by Gasteiger charge is 2.21. The summed E-state index contributed by atoms with van der Waals surface area (Å²) >= 11 is 0. The van der Waals surface area contributed by atoms with E-state index >= 15 is 0 Å². The summed E-state index contributed by atoms with van der Waals surface area (Å²) in [5, 5.41) is 8.92. The third kappa shape index (κ3) is 2.75. The quantitative estimate of drug-likeness (QED) is 0.669. The lowest BCUT2D eigenvalue weighted by molar-refractivity contribution is -0.114. The molecule has 1 atom stereocenters. The van der Waals surface area contributed by atoms with Crippen molar-refractivity contribution in [2.75, 3.05) is 6.61 Å². The van der Waals surface area contributed by atoms with Gasteiger partial charge in [-0.2, -0.15) is 5.26 Å². The summed E-state index contributed by atoms with van der Waals surface area (Å²) in [6, 6.07) is 5.46. The minimum atomic E-state index is -0.760. The Morgan fingerprint density at radius 3 is 3.00 bits per heavy atom. The van der Waals surface area contributed by atoms with Gasteiger partial charge in [0.25, 0.3) is 5.91 Å². The molecule has 0 saturated heterocycles. The molecule has 1 aromatic carbocycles. The molecule has 1 amide bonds. The van der Waals surface area contributed by atoms with Crippen LogP contribution in [0.25, 0.3) is 6.08 Å². The zero-order valence-corrected chi connectivity index (χ0v) is 11.5. The highest BCUT2D eigenvalue weighted by Crippen LogP contribution is 2.36. The molecule has 0 aliphatic carbocycles. The van der Waals surface area contributed by atoms with Crippen molar-refractivity contribution < 1.29 is 14.3 Å². The van der Waals surface area contributed by atoms with Crippen molar-refractivity contribution >= 4 is 12.0 Å². The molecule has 0 radical (unpaired) electrons. The van der Waals surface area contributed by atoms with Crippen LogP contribution in [0.5, 0.6) is 11.5 Å². The molecule has 1 aromatic rings. The molecule has 0 bridgehead atoms. The molecule has 0 spiro atoms.